The van der Waals surface area contributed by atoms with Crippen LogP contribution in [0.4, 0.5) is 5.69 Å². The fourth-order valence-corrected chi connectivity index (χ4v) is 4.97. The molecule has 7 heteroatoms. The Morgan fingerprint density at radius 3 is 2.19 bits per heavy atom. The Labute approximate surface area is 188 Å². The van der Waals surface area contributed by atoms with Crippen molar-refractivity contribution in [1.82, 2.24) is 5.32 Å². The summed E-state index contributed by atoms with van der Waals surface area (Å²) < 4.78 is 27.7. The Kier molecular flexibility index (Phi) is 7.36. The minimum Gasteiger partial charge on any atom is -0.348 e. The maximum absolute atomic E-state index is 13.3. The second-order valence-electron chi connectivity index (χ2n) is 7.16. The molecule has 1 amide bonds. The number of nitrogens with one attached hydrogen (secondary N) is 1. The summed E-state index contributed by atoms with van der Waals surface area (Å²) in [6, 6.07) is 22.3. The van der Waals surface area contributed by atoms with E-state index in [1.807, 2.05) is 31.2 Å². The van der Waals surface area contributed by atoms with Gasteiger partial charge in [-0.05, 0) is 48.7 Å². The third-order valence-electron chi connectivity index (χ3n) is 5.01. The highest BCUT2D eigenvalue weighted by Gasteiger charge is 2.28. The summed E-state index contributed by atoms with van der Waals surface area (Å²) in [6.07, 6.45) is 0.936. The predicted molar refractivity (Wildman–Crippen MR) is 125 cm³/mol. The summed E-state index contributed by atoms with van der Waals surface area (Å²) in [5.74, 6) is -0.425. The van der Waals surface area contributed by atoms with Crippen molar-refractivity contribution in [2.45, 2.75) is 31.2 Å². The Morgan fingerprint density at radius 2 is 1.58 bits per heavy atom. The van der Waals surface area contributed by atoms with E-state index in [4.69, 9.17) is 11.6 Å². The third-order valence-corrected chi connectivity index (χ3v) is 7.10. The zero-order chi connectivity index (χ0) is 22.4. The number of aryl methyl sites for hydroxylation is 1. The lowest BCUT2D eigenvalue weighted by Crippen LogP contribution is -2.41. The zero-order valence-electron chi connectivity index (χ0n) is 17.5. The molecule has 162 valence electrons. The van der Waals surface area contributed by atoms with E-state index in [0.29, 0.717) is 0 Å². The molecule has 0 radical (unpaired) electrons. The average molecular weight is 457 g/mol. The van der Waals surface area contributed by atoms with E-state index in [9.17, 15) is 13.2 Å². The molecule has 3 aromatic rings. The van der Waals surface area contributed by atoms with E-state index in [1.54, 1.807) is 42.5 Å². The fourth-order valence-electron chi connectivity index (χ4n) is 3.22. The number of carbonyl (C=O) groups excluding carboxylic acids is 1. The molecule has 1 atom stereocenters. The smallest absolute Gasteiger partial charge is 0.264 e. The van der Waals surface area contributed by atoms with Crippen LogP contribution in [0, 0.1) is 0 Å². The second-order valence-corrected chi connectivity index (χ2v) is 9.43. The van der Waals surface area contributed by atoms with Crippen LogP contribution in [-0.4, -0.2) is 20.9 Å². The third kappa shape index (κ3) is 5.46. The molecule has 0 aromatic heterocycles. The van der Waals surface area contributed by atoms with Gasteiger partial charge in [-0.1, -0.05) is 73.1 Å². The van der Waals surface area contributed by atoms with E-state index < -0.39 is 22.5 Å². The number of hydrogen-bond acceptors (Lipinski definition) is 3. The first-order valence-electron chi connectivity index (χ1n) is 10.0. The number of amides is 1. The number of rotatable bonds is 8. The minimum atomic E-state index is -3.99. The maximum Gasteiger partial charge on any atom is 0.264 e. The molecule has 5 nitrogen and oxygen atoms in total. The number of halogens is 1. The maximum atomic E-state index is 13.3. The molecule has 0 aliphatic carbocycles. The topological polar surface area (TPSA) is 66.5 Å². The monoisotopic (exact) mass is 456 g/mol. The molecular formula is C24H25ClN2O3S. The molecule has 0 heterocycles. The van der Waals surface area contributed by atoms with Crippen molar-refractivity contribution in [1.29, 1.82) is 0 Å². The van der Waals surface area contributed by atoms with E-state index in [1.165, 1.54) is 17.7 Å². The van der Waals surface area contributed by atoms with Crippen LogP contribution in [0.5, 0.6) is 0 Å². The average Bonchev–Trinajstić information content (AvgIpc) is 2.78. The van der Waals surface area contributed by atoms with Crippen LogP contribution in [0.15, 0.2) is 83.8 Å². The van der Waals surface area contributed by atoms with Crippen molar-refractivity contribution < 1.29 is 13.2 Å². The van der Waals surface area contributed by atoms with Crippen LogP contribution in [0.2, 0.25) is 5.02 Å². The molecule has 1 N–H and O–H groups in total. The van der Waals surface area contributed by atoms with Gasteiger partial charge in [0.2, 0.25) is 5.91 Å². The summed E-state index contributed by atoms with van der Waals surface area (Å²) in [7, 11) is -3.99. The standard InChI is InChI=1S/C24H25ClN2O3S/c1-3-19-13-15-20(16-14-19)18(2)26-24(28)17-27(23-12-8-7-11-22(23)25)31(29,30)21-9-5-4-6-10-21/h4-16,18H,3,17H2,1-2H3,(H,26,28)/t18-/m0/s1. The van der Waals surface area contributed by atoms with E-state index in [0.717, 1.165) is 16.3 Å². The Balaban J connectivity index is 1.86. The van der Waals surface area contributed by atoms with Gasteiger partial charge < -0.3 is 5.32 Å². The number of hydrogen-bond donors (Lipinski definition) is 1. The Bertz CT molecular complexity index is 1130. The van der Waals surface area contributed by atoms with Crippen molar-refractivity contribution in [2.75, 3.05) is 10.8 Å². The highest BCUT2D eigenvalue weighted by Crippen LogP contribution is 2.30. The number of nitrogens with zero attached hydrogens (tertiary/aromatic N) is 1. The van der Waals surface area contributed by atoms with Gasteiger partial charge in [0.15, 0.2) is 0 Å². The number of sulfonamides is 1. The second kappa shape index (κ2) is 9.98. The van der Waals surface area contributed by atoms with Crippen LogP contribution in [0.25, 0.3) is 0 Å². The number of anilines is 1. The first kappa shape index (κ1) is 22.8. The minimum absolute atomic E-state index is 0.0888. The number of benzene rings is 3. The van der Waals surface area contributed by atoms with Gasteiger partial charge in [-0.15, -0.1) is 0 Å². The molecule has 0 spiro atoms. The van der Waals surface area contributed by atoms with Crippen molar-refractivity contribution in [3.8, 4) is 0 Å². The van der Waals surface area contributed by atoms with Crippen molar-refractivity contribution in [3.05, 3.63) is 95.0 Å². The molecule has 0 bridgehead atoms. The van der Waals surface area contributed by atoms with E-state index >= 15 is 0 Å². The van der Waals surface area contributed by atoms with Crippen molar-refractivity contribution in [2.24, 2.45) is 0 Å². The molecule has 31 heavy (non-hydrogen) atoms. The highest BCUT2D eigenvalue weighted by atomic mass is 35.5. The van der Waals surface area contributed by atoms with Gasteiger partial charge in [0.1, 0.15) is 6.54 Å². The lowest BCUT2D eigenvalue weighted by atomic mass is 10.1. The normalized spacial score (nSPS) is 12.2. The van der Waals surface area contributed by atoms with Crippen LogP contribution in [0.1, 0.15) is 31.0 Å². The summed E-state index contributed by atoms with van der Waals surface area (Å²) >= 11 is 6.29. The molecule has 0 saturated carbocycles. The van der Waals surface area contributed by atoms with Gasteiger partial charge in [-0.2, -0.15) is 0 Å². The largest absolute Gasteiger partial charge is 0.348 e. The van der Waals surface area contributed by atoms with Gasteiger partial charge in [-0.3, -0.25) is 9.10 Å². The Hall–Kier alpha value is -2.83. The van der Waals surface area contributed by atoms with Gasteiger partial charge >= 0.3 is 0 Å². The van der Waals surface area contributed by atoms with Gasteiger partial charge in [-0.25, -0.2) is 8.42 Å². The lowest BCUT2D eigenvalue weighted by Gasteiger charge is -2.26. The first-order chi connectivity index (χ1) is 14.8. The highest BCUT2D eigenvalue weighted by molar-refractivity contribution is 7.92. The van der Waals surface area contributed by atoms with Crippen LogP contribution in [-0.2, 0) is 21.2 Å². The van der Waals surface area contributed by atoms with Gasteiger partial charge in [0.05, 0.1) is 21.6 Å². The Morgan fingerprint density at radius 1 is 0.968 bits per heavy atom. The summed E-state index contributed by atoms with van der Waals surface area (Å²) in [4.78, 5) is 13.0. The zero-order valence-corrected chi connectivity index (χ0v) is 19.0. The first-order valence-corrected chi connectivity index (χ1v) is 11.8. The predicted octanol–water partition coefficient (Wildman–Crippen LogP) is 4.98. The summed E-state index contributed by atoms with van der Waals surface area (Å²) in [5, 5.41) is 3.14. The van der Waals surface area contributed by atoms with Crippen molar-refractivity contribution in [3.63, 3.8) is 0 Å². The van der Waals surface area contributed by atoms with E-state index in [2.05, 4.69) is 12.2 Å². The lowest BCUT2D eigenvalue weighted by molar-refractivity contribution is -0.120. The molecule has 0 unspecified atom stereocenters. The molecule has 3 aromatic carbocycles. The molecule has 0 saturated heterocycles. The number of carbonyl (C=O) groups is 1. The molecular weight excluding hydrogens is 432 g/mol. The molecule has 3 rings (SSSR count). The summed E-state index contributed by atoms with van der Waals surface area (Å²) in [6.45, 7) is 3.55. The van der Waals surface area contributed by atoms with Crippen LogP contribution in [0.3, 0.4) is 0 Å². The molecule has 0 aliphatic heterocycles. The molecule has 0 fully saturated rings. The van der Waals surface area contributed by atoms with Crippen LogP contribution < -0.4 is 9.62 Å². The SMILES string of the molecule is CCc1ccc([C@H](C)NC(=O)CN(c2ccccc2Cl)S(=O)(=O)c2ccccc2)cc1. The van der Waals surface area contributed by atoms with E-state index in [-0.39, 0.29) is 21.6 Å². The fraction of sp³-hybridized carbons (Fsp3) is 0.208. The van der Waals surface area contributed by atoms with Crippen molar-refractivity contribution >= 4 is 33.2 Å². The van der Waals surface area contributed by atoms with Gasteiger partial charge in [0.25, 0.3) is 10.0 Å². The van der Waals surface area contributed by atoms with Crippen LogP contribution >= 0.6 is 11.6 Å². The molecule has 0 aliphatic rings. The number of para-hydroxylation sites is 1. The quantitative estimate of drug-likeness (QED) is 0.520. The van der Waals surface area contributed by atoms with Gasteiger partial charge in [0, 0.05) is 0 Å². The summed E-state index contributed by atoms with van der Waals surface area (Å²) in [5.41, 5.74) is 2.41.